The van der Waals surface area contributed by atoms with Crippen LogP contribution < -0.4 is 4.74 Å². The van der Waals surface area contributed by atoms with E-state index in [1.54, 1.807) is 33.9 Å². The molecule has 0 N–H and O–H groups in total. The van der Waals surface area contributed by atoms with Gasteiger partial charge in [0.15, 0.2) is 0 Å². The van der Waals surface area contributed by atoms with Gasteiger partial charge in [0.25, 0.3) is 5.91 Å². The van der Waals surface area contributed by atoms with Crippen molar-refractivity contribution in [2.45, 2.75) is 19.9 Å². The summed E-state index contributed by atoms with van der Waals surface area (Å²) in [6, 6.07) is 17.8. The number of aromatic nitrogens is 3. The molecule has 0 aliphatic carbocycles. The van der Waals surface area contributed by atoms with Crippen molar-refractivity contribution in [3.05, 3.63) is 102 Å². The molecule has 8 nitrogen and oxygen atoms in total. The monoisotopic (exact) mass is 509 g/mol. The van der Waals surface area contributed by atoms with Gasteiger partial charge in [0.2, 0.25) is 5.91 Å². The van der Waals surface area contributed by atoms with Crippen LogP contribution in [0.2, 0.25) is 0 Å². The molecule has 3 heterocycles. The first-order valence-corrected chi connectivity index (χ1v) is 12.7. The summed E-state index contributed by atoms with van der Waals surface area (Å²) in [5, 5.41) is 4.25. The Balaban J connectivity index is 1.45. The summed E-state index contributed by atoms with van der Waals surface area (Å²) in [6.45, 7) is 3.63. The number of ether oxygens (including phenoxy) is 1. The van der Waals surface area contributed by atoms with Gasteiger partial charge in [0.1, 0.15) is 18.9 Å². The predicted octanol–water partition coefficient (Wildman–Crippen LogP) is 3.84. The number of pyridine rings is 1. The molecule has 2 aromatic carbocycles. The maximum atomic E-state index is 13.2. The number of benzene rings is 2. The van der Waals surface area contributed by atoms with Crippen molar-refractivity contribution in [2.75, 3.05) is 33.3 Å². The quantitative estimate of drug-likeness (QED) is 0.419. The smallest absolute Gasteiger partial charge is 0.253 e. The first-order chi connectivity index (χ1) is 18.5. The second-order valence-electron chi connectivity index (χ2n) is 9.61. The molecule has 0 spiro atoms. The predicted molar refractivity (Wildman–Crippen MR) is 145 cm³/mol. The largest absolute Gasteiger partial charge is 0.491 e. The highest BCUT2D eigenvalue weighted by Gasteiger charge is 2.19. The average molecular weight is 510 g/mol. The van der Waals surface area contributed by atoms with Gasteiger partial charge in [-0.1, -0.05) is 24.3 Å². The van der Waals surface area contributed by atoms with Gasteiger partial charge in [-0.3, -0.25) is 19.3 Å². The molecular formula is C30H31N5O3. The highest BCUT2D eigenvalue weighted by atomic mass is 16.5. The van der Waals surface area contributed by atoms with E-state index in [-0.39, 0.29) is 18.4 Å². The Hall–Kier alpha value is -4.46. The zero-order valence-electron chi connectivity index (χ0n) is 21.7. The Morgan fingerprint density at radius 2 is 1.84 bits per heavy atom. The molecule has 2 amide bonds. The fourth-order valence-corrected chi connectivity index (χ4v) is 4.62. The summed E-state index contributed by atoms with van der Waals surface area (Å²) in [4.78, 5) is 34.1. The van der Waals surface area contributed by atoms with E-state index in [0.29, 0.717) is 38.2 Å². The zero-order valence-corrected chi connectivity index (χ0v) is 21.7. The molecule has 0 unspecified atom stereocenters. The molecule has 194 valence electrons. The van der Waals surface area contributed by atoms with Gasteiger partial charge < -0.3 is 14.5 Å². The maximum Gasteiger partial charge on any atom is 0.253 e. The van der Waals surface area contributed by atoms with Gasteiger partial charge in [0.05, 0.1) is 12.7 Å². The molecule has 1 aliphatic rings. The van der Waals surface area contributed by atoms with Crippen LogP contribution in [0.3, 0.4) is 0 Å². The molecular weight excluding hydrogens is 478 g/mol. The maximum absolute atomic E-state index is 13.2. The SMILES string of the molecule is Cc1cnn(CC(=O)N2CCOc3ccc(-c4cccnc4)cc3Cc3cccc(c3)C(=O)N(C)CC2)c1. The van der Waals surface area contributed by atoms with E-state index in [9.17, 15) is 9.59 Å². The number of hydrogen-bond acceptors (Lipinski definition) is 5. The number of amides is 2. The fraction of sp³-hybridized carbons (Fsp3) is 0.267. The van der Waals surface area contributed by atoms with Crippen molar-refractivity contribution >= 4 is 11.8 Å². The van der Waals surface area contributed by atoms with Gasteiger partial charge in [0, 0.05) is 56.3 Å². The average Bonchev–Trinajstić information content (AvgIpc) is 3.34. The fourth-order valence-electron chi connectivity index (χ4n) is 4.62. The number of aryl methyl sites for hydroxylation is 1. The third-order valence-electron chi connectivity index (χ3n) is 6.71. The summed E-state index contributed by atoms with van der Waals surface area (Å²) >= 11 is 0. The summed E-state index contributed by atoms with van der Waals surface area (Å²) in [5.74, 6) is 0.622. The van der Waals surface area contributed by atoms with E-state index in [2.05, 4.69) is 16.1 Å². The molecule has 4 aromatic rings. The number of hydrogen-bond donors (Lipinski definition) is 0. The Morgan fingerprint density at radius 1 is 0.974 bits per heavy atom. The van der Waals surface area contributed by atoms with Crippen LogP contribution in [0.5, 0.6) is 5.75 Å². The van der Waals surface area contributed by atoms with Crippen molar-refractivity contribution in [3.63, 3.8) is 0 Å². The van der Waals surface area contributed by atoms with Crippen LogP contribution >= 0.6 is 0 Å². The third kappa shape index (κ3) is 5.91. The van der Waals surface area contributed by atoms with Gasteiger partial charge in [-0.2, -0.15) is 5.10 Å². The lowest BCUT2D eigenvalue weighted by molar-refractivity contribution is -0.132. The molecule has 0 fully saturated rings. The lowest BCUT2D eigenvalue weighted by atomic mass is 9.98. The lowest BCUT2D eigenvalue weighted by Gasteiger charge is -2.27. The van der Waals surface area contributed by atoms with E-state index in [1.165, 1.54) is 0 Å². The molecule has 0 atom stereocenters. The van der Waals surface area contributed by atoms with Gasteiger partial charge in [-0.15, -0.1) is 0 Å². The Labute approximate surface area is 222 Å². The molecule has 2 bridgehead atoms. The van der Waals surface area contributed by atoms with E-state index < -0.39 is 0 Å². The van der Waals surface area contributed by atoms with Crippen LogP contribution in [0, 0.1) is 6.92 Å². The second-order valence-corrected chi connectivity index (χ2v) is 9.61. The number of rotatable bonds is 3. The van der Waals surface area contributed by atoms with Crippen molar-refractivity contribution in [3.8, 4) is 16.9 Å². The number of likely N-dealkylation sites (N-methyl/N-ethyl adjacent to an activating group) is 1. The number of fused-ring (bicyclic) bond motifs is 3. The minimum absolute atomic E-state index is 0.0698. The summed E-state index contributed by atoms with van der Waals surface area (Å²) in [5.41, 5.74) is 5.72. The summed E-state index contributed by atoms with van der Waals surface area (Å²) in [6.07, 6.45) is 7.78. The van der Waals surface area contributed by atoms with Crippen LogP contribution in [0.15, 0.2) is 79.4 Å². The van der Waals surface area contributed by atoms with Gasteiger partial charge in [-0.05, 0) is 59.5 Å². The standard InChI is InChI=1S/C30H31N5O3/c1-22-18-32-35(20-22)21-29(36)34-12-11-33(2)30(37)25-6-3-5-23(15-25)16-27-17-24(26-7-4-10-31-19-26)8-9-28(27)38-14-13-34/h3-10,15,17-20H,11-14,16,21H2,1-2H3. The highest BCUT2D eigenvalue weighted by Crippen LogP contribution is 2.29. The Bertz CT molecular complexity index is 1430. The minimum Gasteiger partial charge on any atom is -0.491 e. The van der Waals surface area contributed by atoms with Crippen LogP contribution in [0.4, 0.5) is 0 Å². The molecule has 5 rings (SSSR count). The minimum atomic E-state index is -0.0706. The Morgan fingerprint density at radius 3 is 2.63 bits per heavy atom. The highest BCUT2D eigenvalue weighted by molar-refractivity contribution is 5.94. The molecule has 0 saturated heterocycles. The number of carbonyl (C=O) groups is 2. The van der Waals surface area contributed by atoms with Gasteiger partial charge in [-0.25, -0.2) is 0 Å². The first-order valence-electron chi connectivity index (χ1n) is 12.7. The van der Waals surface area contributed by atoms with Crippen LogP contribution in [-0.4, -0.2) is 69.7 Å². The Kier molecular flexibility index (Phi) is 7.49. The number of nitrogens with zero attached hydrogens (tertiary/aromatic N) is 5. The zero-order chi connectivity index (χ0) is 26.5. The normalized spacial score (nSPS) is 14.4. The number of carbonyl (C=O) groups excluding carboxylic acids is 2. The van der Waals surface area contributed by atoms with Crippen molar-refractivity contribution in [1.82, 2.24) is 24.6 Å². The lowest BCUT2D eigenvalue weighted by Crippen LogP contribution is -2.42. The van der Waals surface area contributed by atoms with Crippen molar-refractivity contribution < 1.29 is 14.3 Å². The molecule has 2 aromatic heterocycles. The first kappa shape index (κ1) is 25.2. The van der Waals surface area contributed by atoms with E-state index in [0.717, 1.165) is 33.6 Å². The van der Waals surface area contributed by atoms with Crippen molar-refractivity contribution in [2.24, 2.45) is 0 Å². The third-order valence-corrected chi connectivity index (χ3v) is 6.71. The van der Waals surface area contributed by atoms with E-state index >= 15 is 0 Å². The van der Waals surface area contributed by atoms with Crippen LogP contribution in [0.1, 0.15) is 27.0 Å². The molecule has 1 aliphatic heterocycles. The van der Waals surface area contributed by atoms with Gasteiger partial charge >= 0.3 is 0 Å². The van der Waals surface area contributed by atoms with E-state index in [1.807, 2.05) is 67.8 Å². The molecule has 8 heteroatoms. The molecule has 38 heavy (non-hydrogen) atoms. The topological polar surface area (TPSA) is 80.6 Å². The molecule has 0 saturated carbocycles. The summed E-state index contributed by atoms with van der Waals surface area (Å²) < 4.78 is 7.90. The van der Waals surface area contributed by atoms with Crippen molar-refractivity contribution in [1.29, 1.82) is 0 Å². The van der Waals surface area contributed by atoms with Crippen LogP contribution in [-0.2, 0) is 17.8 Å². The van der Waals surface area contributed by atoms with E-state index in [4.69, 9.17) is 4.74 Å². The molecule has 0 radical (unpaired) electrons. The summed E-state index contributed by atoms with van der Waals surface area (Å²) in [7, 11) is 1.77. The van der Waals surface area contributed by atoms with Crippen LogP contribution in [0.25, 0.3) is 11.1 Å². The second kappa shape index (κ2) is 11.3.